The van der Waals surface area contributed by atoms with Crippen LogP contribution in [0.4, 0.5) is 0 Å². The molecule has 0 spiro atoms. The van der Waals surface area contributed by atoms with E-state index in [-0.39, 0.29) is 0 Å². The number of hydrogen-bond acceptors (Lipinski definition) is 3. The lowest BCUT2D eigenvalue weighted by Gasteiger charge is -2.23. The maximum absolute atomic E-state index is 10.1. The van der Waals surface area contributed by atoms with Crippen molar-refractivity contribution < 1.29 is 10.2 Å². The van der Waals surface area contributed by atoms with Crippen LogP contribution in [0.1, 0.15) is 22.8 Å². The number of aromatic nitrogens is 1. The van der Waals surface area contributed by atoms with E-state index in [0.717, 1.165) is 32.9 Å². The molecule has 0 saturated heterocycles. The Hall–Kier alpha value is -2.23. The van der Waals surface area contributed by atoms with Gasteiger partial charge in [-0.1, -0.05) is 42.5 Å². The average molecular weight is 277 g/mol. The number of aryl methyl sites for hydroxylation is 1. The van der Waals surface area contributed by atoms with E-state index in [9.17, 15) is 10.2 Å². The molecule has 0 amide bonds. The van der Waals surface area contributed by atoms with Crippen molar-refractivity contribution >= 4 is 27.9 Å². The molecule has 1 aliphatic carbocycles. The molecule has 3 aromatic rings. The molecule has 104 valence electrons. The van der Waals surface area contributed by atoms with Crippen molar-refractivity contribution in [2.24, 2.45) is 0 Å². The molecule has 0 radical (unpaired) electrons. The standard InChI is InChI=1S/C18H15NO2/c1-10-11-4-2-3-5-15(11)19-17-12(10)6-7-14-13(17)8-9-16(20)18(14)21/h2-9,16,18,20-21H,1H3. The number of aliphatic hydroxyl groups excluding tert-OH is 2. The summed E-state index contributed by atoms with van der Waals surface area (Å²) < 4.78 is 0. The van der Waals surface area contributed by atoms with Crippen LogP contribution in [-0.2, 0) is 0 Å². The molecule has 2 unspecified atom stereocenters. The smallest absolute Gasteiger partial charge is 0.109 e. The van der Waals surface area contributed by atoms with Crippen LogP contribution in [-0.4, -0.2) is 21.3 Å². The monoisotopic (exact) mass is 277 g/mol. The van der Waals surface area contributed by atoms with Gasteiger partial charge in [-0.15, -0.1) is 0 Å². The summed E-state index contributed by atoms with van der Waals surface area (Å²) in [6, 6.07) is 11.9. The van der Waals surface area contributed by atoms with Crippen molar-refractivity contribution in [3.8, 4) is 0 Å². The van der Waals surface area contributed by atoms with E-state index in [4.69, 9.17) is 4.98 Å². The third-order valence-corrected chi connectivity index (χ3v) is 4.30. The van der Waals surface area contributed by atoms with Gasteiger partial charge in [-0.3, -0.25) is 0 Å². The number of fused-ring (bicyclic) bond motifs is 4. The van der Waals surface area contributed by atoms with Crippen molar-refractivity contribution in [3.63, 3.8) is 0 Å². The number of pyridine rings is 1. The van der Waals surface area contributed by atoms with Crippen LogP contribution in [0.25, 0.3) is 27.9 Å². The number of benzene rings is 2. The fraction of sp³-hybridized carbons (Fsp3) is 0.167. The zero-order valence-corrected chi connectivity index (χ0v) is 11.6. The van der Waals surface area contributed by atoms with Gasteiger partial charge in [0.05, 0.1) is 11.0 Å². The van der Waals surface area contributed by atoms with E-state index in [1.165, 1.54) is 5.56 Å². The molecular formula is C18H15NO2. The summed E-state index contributed by atoms with van der Waals surface area (Å²) in [5.74, 6) is 0. The van der Waals surface area contributed by atoms with Gasteiger partial charge in [0.1, 0.15) is 12.2 Å². The van der Waals surface area contributed by atoms with Crippen LogP contribution in [0.2, 0.25) is 0 Å². The average Bonchev–Trinajstić information content (AvgIpc) is 2.51. The molecule has 1 aliphatic rings. The minimum atomic E-state index is -0.886. The SMILES string of the molecule is Cc1c2ccccc2nc2c3c(ccc12)C(O)C(O)C=C3. The van der Waals surface area contributed by atoms with E-state index >= 15 is 0 Å². The molecule has 3 heteroatoms. The lowest BCUT2D eigenvalue weighted by molar-refractivity contribution is 0.0471. The Labute approximate surface area is 122 Å². The van der Waals surface area contributed by atoms with Gasteiger partial charge in [-0.25, -0.2) is 4.98 Å². The fourth-order valence-corrected chi connectivity index (χ4v) is 3.12. The normalized spacial score (nSPS) is 20.9. The lowest BCUT2D eigenvalue weighted by atomic mass is 9.89. The second-order valence-electron chi connectivity index (χ2n) is 5.51. The molecule has 1 heterocycles. The molecule has 2 atom stereocenters. The molecule has 2 N–H and O–H groups in total. The van der Waals surface area contributed by atoms with E-state index in [2.05, 4.69) is 13.0 Å². The quantitative estimate of drug-likeness (QED) is 0.621. The van der Waals surface area contributed by atoms with Crippen LogP contribution < -0.4 is 0 Å². The first-order chi connectivity index (χ1) is 10.2. The van der Waals surface area contributed by atoms with Gasteiger partial charge in [0.15, 0.2) is 0 Å². The van der Waals surface area contributed by atoms with Crippen molar-refractivity contribution in [1.82, 2.24) is 4.98 Å². The van der Waals surface area contributed by atoms with Crippen LogP contribution in [0.3, 0.4) is 0 Å². The Morgan fingerprint density at radius 1 is 1.00 bits per heavy atom. The van der Waals surface area contributed by atoms with Crippen LogP contribution >= 0.6 is 0 Å². The molecule has 21 heavy (non-hydrogen) atoms. The molecule has 4 rings (SSSR count). The zero-order valence-electron chi connectivity index (χ0n) is 11.6. The number of aliphatic hydroxyl groups is 2. The summed E-state index contributed by atoms with van der Waals surface area (Å²) in [4.78, 5) is 4.77. The lowest BCUT2D eigenvalue weighted by Crippen LogP contribution is -2.19. The first-order valence-electron chi connectivity index (χ1n) is 7.03. The minimum absolute atomic E-state index is 0.736. The highest BCUT2D eigenvalue weighted by molar-refractivity contribution is 6.01. The highest BCUT2D eigenvalue weighted by atomic mass is 16.3. The van der Waals surface area contributed by atoms with Gasteiger partial charge in [-0.05, 0) is 24.1 Å². The van der Waals surface area contributed by atoms with Gasteiger partial charge in [0.2, 0.25) is 0 Å². The summed E-state index contributed by atoms with van der Waals surface area (Å²) in [6.45, 7) is 2.09. The molecule has 3 nitrogen and oxygen atoms in total. The highest BCUT2D eigenvalue weighted by Gasteiger charge is 2.24. The predicted octanol–water partition coefficient (Wildman–Crippen LogP) is 3.12. The third-order valence-electron chi connectivity index (χ3n) is 4.30. The minimum Gasteiger partial charge on any atom is -0.386 e. The van der Waals surface area contributed by atoms with Gasteiger partial charge in [0, 0.05) is 16.3 Å². The maximum Gasteiger partial charge on any atom is 0.109 e. The molecular weight excluding hydrogens is 262 g/mol. The summed E-state index contributed by atoms with van der Waals surface area (Å²) in [5, 5.41) is 22.1. The number of nitrogens with zero attached hydrogens (tertiary/aromatic N) is 1. The molecule has 0 aliphatic heterocycles. The molecule has 0 bridgehead atoms. The number of para-hydroxylation sites is 1. The largest absolute Gasteiger partial charge is 0.386 e. The van der Waals surface area contributed by atoms with Crippen LogP contribution in [0, 0.1) is 6.92 Å². The summed E-state index contributed by atoms with van der Waals surface area (Å²) in [5.41, 5.74) is 4.65. The summed E-state index contributed by atoms with van der Waals surface area (Å²) >= 11 is 0. The molecule has 2 aromatic carbocycles. The van der Waals surface area contributed by atoms with Gasteiger partial charge < -0.3 is 10.2 Å². The van der Waals surface area contributed by atoms with Crippen molar-refractivity contribution in [1.29, 1.82) is 0 Å². The molecule has 1 aromatic heterocycles. The molecule has 0 fully saturated rings. The third kappa shape index (κ3) is 1.71. The predicted molar refractivity (Wildman–Crippen MR) is 84.0 cm³/mol. The zero-order chi connectivity index (χ0) is 14.6. The Bertz CT molecular complexity index is 898. The van der Waals surface area contributed by atoms with E-state index < -0.39 is 12.2 Å². The summed E-state index contributed by atoms with van der Waals surface area (Å²) in [6.07, 6.45) is 1.74. The Morgan fingerprint density at radius 3 is 2.67 bits per heavy atom. The van der Waals surface area contributed by atoms with E-state index in [0.29, 0.717) is 0 Å². The van der Waals surface area contributed by atoms with Gasteiger partial charge in [-0.2, -0.15) is 0 Å². The van der Waals surface area contributed by atoms with Gasteiger partial charge >= 0.3 is 0 Å². The van der Waals surface area contributed by atoms with E-state index in [1.54, 1.807) is 6.08 Å². The first kappa shape index (κ1) is 12.5. The van der Waals surface area contributed by atoms with Crippen LogP contribution in [0.15, 0.2) is 42.5 Å². The first-order valence-corrected chi connectivity index (χ1v) is 7.03. The number of rotatable bonds is 0. The topological polar surface area (TPSA) is 53.4 Å². The van der Waals surface area contributed by atoms with Crippen molar-refractivity contribution in [3.05, 3.63) is 59.2 Å². The van der Waals surface area contributed by atoms with Crippen LogP contribution in [0.5, 0.6) is 0 Å². The maximum atomic E-state index is 10.1. The van der Waals surface area contributed by atoms with E-state index in [1.807, 2.05) is 36.4 Å². The Morgan fingerprint density at radius 2 is 1.81 bits per heavy atom. The van der Waals surface area contributed by atoms with Crippen molar-refractivity contribution in [2.75, 3.05) is 0 Å². The summed E-state index contributed by atoms with van der Waals surface area (Å²) in [7, 11) is 0. The van der Waals surface area contributed by atoms with Crippen molar-refractivity contribution in [2.45, 2.75) is 19.1 Å². The molecule has 0 saturated carbocycles. The Kier molecular flexibility index (Phi) is 2.61. The fourth-order valence-electron chi connectivity index (χ4n) is 3.12. The highest BCUT2D eigenvalue weighted by Crippen LogP contribution is 2.35. The van der Waals surface area contributed by atoms with Gasteiger partial charge in [0.25, 0.3) is 0 Å². The second-order valence-corrected chi connectivity index (χ2v) is 5.51. The number of hydrogen-bond donors (Lipinski definition) is 2. The second kappa shape index (κ2) is 4.38. The Balaban J connectivity index is 2.15.